The number of rotatable bonds is 6. The van der Waals surface area contributed by atoms with Gasteiger partial charge in [-0.05, 0) is 38.1 Å². The first-order valence-corrected chi connectivity index (χ1v) is 13.1. The Kier molecular flexibility index (Phi) is 8.19. The first-order valence-electron chi connectivity index (χ1n) is 11.2. The van der Waals surface area contributed by atoms with E-state index < -0.39 is 10.0 Å². The van der Waals surface area contributed by atoms with Crippen LogP contribution in [0.2, 0.25) is 5.02 Å². The lowest BCUT2D eigenvalue weighted by atomic mass is 9.94. The van der Waals surface area contributed by atoms with Crippen molar-refractivity contribution in [3.63, 3.8) is 0 Å². The van der Waals surface area contributed by atoms with E-state index >= 15 is 0 Å². The summed E-state index contributed by atoms with van der Waals surface area (Å²) in [5.74, 6) is -0.112. The number of piperazine rings is 1. The number of amides is 2. The zero-order chi connectivity index (χ0) is 23.5. The Hall–Kier alpha value is -1.68. The molecular formula is C22H33ClN4O4S. The molecule has 0 atom stereocenters. The third kappa shape index (κ3) is 5.27. The van der Waals surface area contributed by atoms with Crippen molar-refractivity contribution in [2.45, 2.75) is 31.6 Å². The zero-order valence-electron chi connectivity index (χ0n) is 19.1. The number of benzene rings is 1. The number of hydrogen-bond donors (Lipinski definition) is 0. The van der Waals surface area contributed by atoms with Crippen LogP contribution in [0.3, 0.4) is 0 Å². The fraction of sp³-hybridized carbons (Fsp3) is 0.636. The molecular weight excluding hydrogens is 452 g/mol. The van der Waals surface area contributed by atoms with E-state index in [9.17, 15) is 18.0 Å². The largest absolute Gasteiger partial charge is 0.340 e. The van der Waals surface area contributed by atoms with E-state index in [1.807, 2.05) is 4.90 Å². The summed E-state index contributed by atoms with van der Waals surface area (Å²) < 4.78 is 27.2. The van der Waals surface area contributed by atoms with E-state index in [4.69, 9.17) is 11.6 Å². The molecule has 8 nitrogen and oxygen atoms in total. The molecule has 2 aliphatic rings. The molecule has 10 heteroatoms. The smallest absolute Gasteiger partial charge is 0.253 e. The van der Waals surface area contributed by atoms with Gasteiger partial charge < -0.3 is 14.7 Å². The number of sulfonamides is 1. The maximum absolute atomic E-state index is 13.1. The maximum Gasteiger partial charge on any atom is 0.253 e. The fourth-order valence-electron chi connectivity index (χ4n) is 4.33. The van der Waals surface area contributed by atoms with Crippen LogP contribution in [0.4, 0.5) is 0 Å². The number of hydrogen-bond acceptors (Lipinski definition) is 5. The first-order chi connectivity index (χ1) is 15.2. The minimum Gasteiger partial charge on any atom is -0.340 e. The van der Waals surface area contributed by atoms with E-state index in [1.54, 1.807) is 24.8 Å². The molecule has 2 amide bonds. The summed E-state index contributed by atoms with van der Waals surface area (Å²) in [7, 11) is -1.72. The Bertz CT molecular complexity index is 935. The van der Waals surface area contributed by atoms with Crippen LogP contribution >= 0.6 is 11.6 Å². The van der Waals surface area contributed by atoms with Gasteiger partial charge in [0, 0.05) is 63.8 Å². The van der Waals surface area contributed by atoms with Gasteiger partial charge in [0.1, 0.15) is 4.90 Å². The quantitative estimate of drug-likeness (QED) is 0.616. The summed E-state index contributed by atoms with van der Waals surface area (Å²) in [6, 6.07) is 4.40. The summed E-state index contributed by atoms with van der Waals surface area (Å²) in [4.78, 5) is 31.7. The number of piperidine rings is 1. The molecule has 3 rings (SSSR count). The van der Waals surface area contributed by atoms with Gasteiger partial charge in [-0.3, -0.25) is 9.59 Å². The monoisotopic (exact) mass is 484 g/mol. The minimum absolute atomic E-state index is 0.0474. The van der Waals surface area contributed by atoms with Crippen molar-refractivity contribution in [2.75, 3.05) is 59.4 Å². The molecule has 2 saturated heterocycles. The lowest BCUT2D eigenvalue weighted by Crippen LogP contribution is -2.51. The first kappa shape index (κ1) is 25.0. The number of nitrogens with zero attached hydrogens (tertiary/aromatic N) is 4. The Labute approximate surface area is 196 Å². The van der Waals surface area contributed by atoms with E-state index in [-0.39, 0.29) is 27.7 Å². The average Bonchev–Trinajstić information content (AvgIpc) is 2.79. The van der Waals surface area contributed by atoms with E-state index in [0.717, 1.165) is 26.2 Å². The molecule has 0 aromatic heterocycles. The van der Waals surface area contributed by atoms with Gasteiger partial charge in [-0.25, -0.2) is 8.42 Å². The predicted molar refractivity (Wildman–Crippen MR) is 124 cm³/mol. The summed E-state index contributed by atoms with van der Waals surface area (Å²) in [6.45, 7) is 8.40. The van der Waals surface area contributed by atoms with Gasteiger partial charge in [-0.1, -0.05) is 25.4 Å². The van der Waals surface area contributed by atoms with Gasteiger partial charge in [0.25, 0.3) is 5.91 Å². The van der Waals surface area contributed by atoms with Gasteiger partial charge in [0.2, 0.25) is 15.9 Å². The highest BCUT2D eigenvalue weighted by atomic mass is 35.5. The van der Waals surface area contributed by atoms with Crippen LogP contribution in [0.1, 0.15) is 37.0 Å². The lowest BCUT2D eigenvalue weighted by Gasteiger charge is -2.37. The second kappa shape index (κ2) is 10.5. The van der Waals surface area contributed by atoms with Crippen molar-refractivity contribution in [1.29, 1.82) is 0 Å². The van der Waals surface area contributed by atoms with Crippen LogP contribution in [0, 0.1) is 5.92 Å². The summed E-state index contributed by atoms with van der Waals surface area (Å²) in [5.41, 5.74) is 0.295. The standard InChI is InChI=1S/C22H33ClN4O4S/c1-4-27(5-2)32(30,31)20-16-18(6-7-19(20)23)22(29)25-10-8-17(9-11-25)21(28)26-14-12-24(3)13-15-26/h6-7,16-17H,4-5,8-15H2,1-3H3. The minimum atomic E-state index is -3.78. The second-order valence-corrected chi connectivity index (χ2v) is 10.7. The van der Waals surface area contributed by atoms with Crippen molar-refractivity contribution in [2.24, 2.45) is 5.92 Å². The Morgan fingerprint density at radius 3 is 2.16 bits per heavy atom. The molecule has 1 aromatic carbocycles. The number of likely N-dealkylation sites (tertiary alicyclic amines) is 1. The lowest BCUT2D eigenvalue weighted by molar-refractivity contribution is -0.138. The number of halogens is 1. The van der Waals surface area contributed by atoms with Crippen molar-refractivity contribution >= 4 is 33.4 Å². The Morgan fingerprint density at radius 1 is 1.00 bits per heavy atom. The number of carbonyl (C=O) groups excluding carboxylic acids is 2. The number of carbonyl (C=O) groups is 2. The van der Waals surface area contributed by atoms with Crippen LogP contribution < -0.4 is 0 Å². The summed E-state index contributed by atoms with van der Waals surface area (Å²) in [5, 5.41) is 0.102. The van der Waals surface area contributed by atoms with Gasteiger partial charge in [0.15, 0.2) is 0 Å². The highest BCUT2D eigenvalue weighted by Gasteiger charge is 2.32. The molecule has 0 spiro atoms. The van der Waals surface area contributed by atoms with Crippen LogP contribution in [-0.2, 0) is 14.8 Å². The van der Waals surface area contributed by atoms with E-state index in [2.05, 4.69) is 11.9 Å². The molecule has 32 heavy (non-hydrogen) atoms. The topological polar surface area (TPSA) is 81.2 Å². The van der Waals surface area contributed by atoms with Crippen LogP contribution in [0.5, 0.6) is 0 Å². The van der Waals surface area contributed by atoms with Crippen molar-refractivity contribution < 1.29 is 18.0 Å². The van der Waals surface area contributed by atoms with Crippen LogP contribution in [0.15, 0.2) is 23.1 Å². The molecule has 0 radical (unpaired) electrons. The predicted octanol–water partition coefficient (Wildman–Crippen LogP) is 2.00. The van der Waals surface area contributed by atoms with Crippen molar-refractivity contribution in [3.8, 4) is 0 Å². The van der Waals surface area contributed by atoms with Crippen LogP contribution in [-0.4, -0.2) is 98.6 Å². The number of likely N-dealkylation sites (N-methyl/N-ethyl adjacent to an activating group) is 1. The molecule has 0 bridgehead atoms. The van der Waals surface area contributed by atoms with E-state index in [1.165, 1.54) is 16.4 Å². The van der Waals surface area contributed by atoms with Gasteiger partial charge in [-0.2, -0.15) is 4.31 Å². The molecule has 178 valence electrons. The molecule has 0 aliphatic carbocycles. The molecule has 2 fully saturated rings. The fourth-order valence-corrected chi connectivity index (χ4v) is 6.29. The highest BCUT2D eigenvalue weighted by Crippen LogP contribution is 2.28. The van der Waals surface area contributed by atoms with Gasteiger partial charge in [0.05, 0.1) is 5.02 Å². The van der Waals surface area contributed by atoms with E-state index in [0.29, 0.717) is 44.6 Å². The third-order valence-corrected chi connectivity index (χ3v) is 8.98. The maximum atomic E-state index is 13.1. The SMILES string of the molecule is CCN(CC)S(=O)(=O)c1cc(C(=O)N2CCC(C(=O)N3CCN(C)CC3)CC2)ccc1Cl. The third-order valence-electron chi connectivity index (χ3n) is 6.45. The van der Waals surface area contributed by atoms with Gasteiger partial charge >= 0.3 is 0 Å². The second-order valence-electron chi connectivity index (χ2n) is 8.43. The zero-order valence-corrected chi connectivity index (χ0v) is 20.7. The van der Waals surface area contributed by atoms with Gasteiger partial charge in [-0.15, -0.1) is 0 Å². The van der Waals surface area contributed by atoms with Crippen molar-refractivity contribution in [3.05, 3.63) is 28.8 Å². The summed E-state index contributed by atoms with van der Waals surface area (Å²) in [6.07, 6.45) is 1.24. The molecule has 0 N–H and O–H groups in total. The summed E-state index contributed by atoms with van der Waals surface area (Å²) >= 11 is 6.19. The molecule has 2 heterocycles. The highest BCUT2D eigenvalue weighted by molar-refractivity contribution is 7.89. The molecule has 2 aliphatic heterocycles. The Morgan fingerprint density at radius 2 is 1.59 bits per heavy atom. The molecule has 1 aromatic rings. The molecule has 0 saturated carbocycles. The van der Waals surface area contributed by atoms with Crippen LogP contribution in [0.25, 0.3) is 0 Å². The Balaban J connectivity index is 1.67. The normalized spacial score (nSPS) is 18.9. The van der Waals surface area contributed by atoms with Crippen molar-refractivity contribution in [1.82, 2.24) is 19.0 Å². The molecule has 0 unspecified atom stereocenters. The average molecular weight is 485 g/mol.